The first kappa shape index (κ1) is 16.6. The highest BCUT2D eigenvalue weighted by Gasteiger charge is 2.38. The molecule has 3 rings (SSSR count). The first-order valence-electron chi connectivity index (χ1n) is 8.84. The molecule has 2 aliphatic heterocycles. The lowest BCUT2D eigenvalue weighted by Crippen LogP contribution is -2.47. The maximum atomic E-state index is 10.6. The Morgan fingerprint density at radius 3 is 2.65 bits per heavy atom. The van der Waals surface area contributed by atoms with Gasteiger partial charge < -0.3 is 14.6 Å². The molecule has 0 aromatic heterocycles. The molecule has 0 amide bonds. The predicted octanol–water partition coefficient (Wildman–Crippen LogP) is 3.17. The van der Waals surface area contributed by atoms with Gasteiger partial charge in [-0.3, -0.25) is 4.90 Å². The van der Waals surface area contributed by atoms with Crippen LogP contribution in [-0.4, -0.2) is 43.4 Å². The van der Waals surface area contributed by atoms with Crippen LogP contribution in [0.2, 0.25) is 0 Å². The van der Waals surface area contributed by atoms with Gasteiger partial charge in [0.25, 0.3) is 0 Å². The van der Waals surface area contributed by atoms with E-state index in [1.807, 2.05) is 0 Å². The van der Waals surface area contributed by atoms with Gasteiger partial charge in [-0.25, -0.2) is 0 Å². The molecule has 2 heterocycles. The molecular formula is C19H29NO3. The number of aliphatic hydroxyl groups excluding tert-OH is 1. The summed E-state index contributed by atoms with van der Waals surface area (Å²) in [6.07, 6.45) is 5.23. The van der Waals surface area contributed by atoms with Crippen molar-refractivity contribution in [1.29, 1.82) is 0 Å². The average Bonchev–Trinajstić information content (AvgIpc) is 2.58. The van der Waals surface area contributed by atoms with Crippen molar-refractivity contribution >= 4 is 0 Å². The second-order valence-electron chi connectivity index (χ2n) is 6.87. The number of hydrogen-bond donors (Lipinski definition) is 1. The first-order valence-corrected chi connectivity index (χ1v) is 8.84. The second-order valence-corrected chi connectivity index (χ2v) is 6.87. The van der Waals surface area contributed by atoms with Crippen LogP contribution in [0.25, 0.3) is 0 Å². The predicted molar refractivity (Wildman–Crippen MR) is 91.2 cm³/mol. The van der Waals surface area contributed by atoms with Crippen LogP contribution in [0.15, 0.2) is 12.1 Å². The van der Waals surface area contributed by atoms with Crippen molar-refractivity contribution in [2.45, 2.75) is 51.2 Å². The Hall–Kier alpha value is -1.26. The van der Waals surface area contributed by atoms with E-state index in [9.17, 15) is 5.11 Å². The van der Waals surface area contributed by atoms with Crippen LogP contribution in [0, 0.1) is 5.92 Å². The molecule has 1 N–H and O–H groups in total. The molecule has 4 heteroatoms. The number of hydrogen-bond acceptors (Lipinski definition) is 4. The van der Waals surface area contributed by atoms with E-state index in [4.69, 9.17) is 9.47 Å². The standard InChI is InChI=1S/C19H29NO3/c1-4-5-6-14-12-20-8-7-13-9-18(22-2)19(23-3)10-15(13)16(20)11-17(14)21/h9-10,14,16-17,21H,4-8,11-12H2,1-3H3/t14-,16-,17-/m1/s1. The van der Waals surface area contributed by atoms with Crippen molar-refractivity contribution in [2.75, 3.05) is 27.3 Å². The highest BCUT2D eigenvalue weighted by molar-refractivity contribution is 5.49. The maximum absolute atomic E-state index is 10.6. The van der Waals surface area contributed by atoms with Gasteiger partial charge in [0.05, 0.1) is 20.3 Å². The Bertz CT molecular complexity index is 546. The molecule has 0 bridgehead atoms. The van der Waals surface area contributed by atoms with Crippen LogP contribution in [0.3, 0.4) is 0 Å². The minimum absolute atomic E-state index is 0.193. The molecule has 23 heavy (non-hydrogen) atoms. The summed E-state index contributed by atoms with van der Waals surface area (Å²) in [5.74, 6) is 2.01. The summed E-state index contributed by atoms with van der Waals surface area (Å²) in [6, 6.07) is 4.54. The molecule has 0 unspecified atom stereocenters. The van der Waals surface area contributed by atoms with Crippen LogP contribution < -0.4 is 9.47 Å². The molecular weight excluding hydrogens is 290 g/mol. The minimum atomic E-state index is -0.193. The third kappa shape index (κ3) is 3.20. The fourth-order valence-corrected chi connectivity index (χ4v) is 4.17. The van der Waals surface area contributed by atoms with Gasteiger partial charge in [-0.2, -0.15) is 0 Å². The normalized spacial score (nSPS) is 27.2. The van der Waals surface area contributed by atoms with Crippen molar-refractivity contribution in [1.82, 2.24) is 4.90 Å². The number of piperidine rings is 1. The van der Waals surface area contributed by atoms with Crippen molar-refractivity contribution in [3.05, 3.63) is 23.3 Å². The summed E-state index contributed by atoms with van der Waals surface area (Å²) < 4.78 is 10.9. The number of ether oxygens (including phenoxy) is 2. The zero-order chi connectivity index (χ0) is 16.4. The van der Waals surface area contributed by atoms with Gasteiger partial charge in [0, 0.05) is 19.1 Å². The molecule has 1 fully saturated rings. The minimum Gasteiger partial charge on any atom is -0.493 e. The number of nitrogens with zero attached hydrogens (tertiary/aromatic N) is 1. The van der Waals surface area contributed by atoms with Gasteiger partial charge >= 0.3 is 0 Å². The summed E-state index contributed by atoms with van der Waals surface area (Å²) in [5, 5.41) is 10.6. The molecule has 0 aliphatic carbocycles. The molecule has 0 radical (unpaired) electrons. The maximum Gasteiger partial charge on any atom is 0.161 e. The van der Waals surface area contributed by atoms with E-state index in [-0.39, 0.29) is 6.10 Å². The lowest BCUT2D eigenvalue weighted by molar-refractivity contribution is -0.0156. The number of benzene rings is 1. The van der Waals surface area contributed by atoms with Crippen LogP contribution >= 0.6 is 0 Å². The van der Waals surface area contributed by atoms with Gasteiger partial charge in [-0.1, -0.05) is 19.8 Å². The van der Waals surface area contributed by atoms with Gasteiger partial charge in [0.15, 0.2) is 11.5 Å². The number of unbranched alkanes of at least 4 members (excludes halogenated alkanes) is 1. The van der Waals surface area contributed by atoms with Gasteiger partial charge in [-0.05, 0) is 48.4 Å². The number of fused-ring (bicyclic) bond motifs is 3. The van der Waals surface area contributed by atoms with Crippen LogP contribution in [0.4, 0.5) is 0 Å². The van der Waals surface area contributed by atoms with E-state index in [1.165, 1.54) is 24.0 Å². The van der Waals surface area contributed by atoms with Gasteiger partial charge in [0.2, 0.25) is 0 Å². The lowest BCUT2D eigenvalue weighted by Gasteiger charge is -2.46. The Kier molecular flexibility index (Phi) is 5.12. The van der Waals surface area contributed by atoms with E-state index in [0.29, 0.717) is 12.0 Å². The fraction of sp³-hybridized carbons (Fsp3) is 0.684. The van der Waals surface area contributed by atoms with Crippen molar-refractivity contribution in [3.8, 4) is 11.5 Å². The Balaban J connectivity index is 1.84. The van der Waals surface area contributed by atoms with E-state index >= 15 is 0 Å². The zero-order valence-electron chi connectivity index (χ0n) is 14.5. The summed E-state index contributed by atoms with van der Waals surface area (Å²) in [5.41, 5.74) is 2.64. The van der Waals surface area contributed by atoms with Crippen LogP contribution in [-0.2, 0) is 6.42 Å². The van der Waals surface area contributed by atoms with Crippen molar-refractivity contribution in [3.63, 3.8) is 0 Å². The topological polar surface area (TPSA) is 41.9 Å². The molecule has 2 aliphatic rings. The van der Waals surface area contributed by atoms with Crippen molar-refractivity contribution < 1.29 is 14.6 Å². The molecule has 1 aromatic rings. The fourth-order valence-electron chi connectivity index (χ4n) is 4.17. The molecule has 1 saturated heterocycles. The molecule has 0 spiro atoms. The summed E-state index contributed by atoms with van der Waals surface area (Å²) in [6.45, 7) is 4.30. The number of methoxy groups -OCH3 is 2. The summed E-state index contributed by atoms with van der Waals surface area (Å²) in [7, 11) is 3.36. The zero-order valence-corrected chi connectivity index (χ0v) is 14.5. The molecule has 4 nitrogen and oxygen atoms in total. The molecule has 1 aromatic carbocycles. The second kappa shape index (κ2) is 7.10. The van der Waals surface area contributed by atoms with E-state index in [0.717, 1.165) is 43.9 Å². The average molecular weight is 319 g/mol. The molecule has 128 valence electrons. The van der Waals surface area contributed by atoms with Crippen molar-refractivity contribution in [2.24, 2.45) is 5.92 Å². The highest BCUT2D eigenvalue weighted by atomic mass is 16.5. The summed E-state index contributed by atoms with van der Waals surface area (Å²) >= 11 is 0. The Morgan fingerprint density at radius 2 is 1.96 bits per heavy atom. The monoisotopic (exact) mass is 319 g/mol. The third-order valence-corrected chi connectivity index (χ3v) is 5.52. The third-order valence-electron chi connectivity index (χ3n) is 5.52. The first-order chi connectivity index (χ1) is 11.2. The van der Waals surface area contributed by atoms with E-state index < -0.39 is 0 Å². The molecule has 0 saturated carbocycles. The van der Waals surface area contributed by atoms with E-state index in [2.05, 4.69) is 24.0 Å². The van der Waals surface area contributed by atoms with E-state index in [1.54, 1.807) is 14.2 Å². The van der Waals surface area contributed by atoms with Gasteiger partial charge in [0.1, 0.15) is 0 Å². The number of aliphatic hydroxyl groups is 1. The Labute approximate surface area is 139 Å². The smallest absolute Gasteiger partial charge is 0.161 e. The largest absolute Gasteiger partial charge is 0.493 e. The number of rotatable bonds is 5. The SMILES string of the molecule is CCCC[C@@H]1CN2CCc3cc(OC)c(OC)cc3[C@H]2C[C@H]1O. The molecule has 3 atom stereocenters. The van der Waals surface area contributed by atoms with Gasteiger partial charge in [-0.15, -0.1) is 0 Å². The van der Waals surface area contributed by atoms with Crippen LogP contribution in [0.5, 0.6) is 11.5 Å². The summed E-state index contributed by atoms with van der Waals surface area (Å²) in [4.78, 5) is 2.56. The highest BCUT2D eigenvalue weighted by Crippen LogP contribution is 2.43. The lowest BCUT2D eigenvalue weighted by atomic mass is 9.80. The quantitative estimate of drug-likeness (QED) is 0.905. The Morgan fingerprint density at radius 1 is 1.22 bits per heavy atom. The van der Waals surface area contributed by atoms with Crippen LogP contribution in [0.1, 0.15) is 49.8 Å².